The van der Waals surface area contributed by atoms with Crippen LogP contribution in [-0.4, -0.2) is 24.2 Å². The van der Waals surface area contributed by atoms with Crippen LogP contribution in [0.3, 0.4) is 0 Å². The van der Waals surface area contributed by atoms with Crippen molar-refractivity contribution in [3.8, 4) is 0 Å². The average Bonchev–Trinajstić information content (AvgIpc) is 2.80. The van der Waals surface area contributed by atoms with Crippen LogP contribution in [0.4, 0.5) is 0 Å². The van der Waals surface area contributed by atoms with E-state index in [0.717, 1.165) is 30.4 Å². The van der Waals surface area contributed by atoms with Gasteiger partial charge in [0.2, 0.25) is 11.8 Å². The molecule has 0 spiro atoms. The molecule has 31 heavy (non-hydrogen) atoms. The normalized spacial score (nSPS) is 11.2. The maximum absolute atomic E-state index is 11.8. The molecule has 6 nitrogen and oxygen atoms in total. The number of amides is 2. The van der Waals surface area contributed by atoms with E-state index < -0.39 is 0 Å². The molecule has 0 radical (unpaired) electrons. The molecule has 0 aromatic heterocycles. The number of nitrogens with one attached hydrogen (secondary N) is 2. The molecule has 2 amide bonds. The SMILES string of the molecule is CCc1ccc(/C=N/NC(=O)CCCCCC(=O)N/N=C/c2ccc(CC)cc2)cc1. The first-order valence-electron chi connectivity index (χ1n) is 10.9. The van der Waals surface area contributed by atoms with Crippen LogP contribution in [-0.2, 0) is 22.4 Å². The number of unbranched alkanes of at least 4 members (excludes halogenated alkanes) is 2. The van der Waals surface area contributed by atoms with Gasteiger partial charge in [-0.05, 0) is 47.9 Å². The fraction of sp³-hybridized carbons (Fsp3) is 0.360. The van der Waals surface area contributed by atoms with Gasteiger partial charge in [-0.1, -0.05) is 68.8 Å². The average molecular weight is 421 g/mol. The Bertz CT molecular complexity index is 798. The number of nitrogens with zero attached hydrogens (tertiary/aromatic N) is 2. The van der Waals surface area contributed by atoms with E-state index in [0.29, 0.717) is 25.7 Å². The third-order valence-electron chi connectivity index (χ3n) is 4.89. The van der Waals surface area contributed by atoms with Crippen LogP contribution in [0.25, 0.3) is 0 Å². The van der Waals surface area contributed by atoms with E-state index in [1.165, 1.54) is 11.1 Å². The second-order valence-corrected chi connectivity index (χ2v) is 7.34. The Balaban J connectivity index is 1.54. The van der Waals surface area contributed by atoms with Gasteiger partial charge in [0, 0.05) is 12.8 Å². The lowest BCUT2D eigenvalue weighted by Crippen LogP contribution is -2.18. The second kappa shape index (κ2) is 13.9. The van der Waals surface area contributed by atoms with E-state index in [1.807, 2.05) is 48.5 Å². The summed E-state index contributed by atoms with van der Waals surface area (Å²) in [5.74, 6) is -0.242. The first kappa shape index (κ1) is 24.0. The van der Waals surface area contributed by atoms with Crippen LogP contribution in [0.2, 0.25) is 0 Å². The second-order valence-electron chi connectivity index (χ2n) is 7.34. The molecule has 2 N–H and O–H groups in total. The topological polar surface area (TPSA) is 82.9 Å². The summed E-state index contributed by atoms with van der Waals surface area (Å²) in [5.41, 5.74) is 9.51. The van der Waals surface area contributed by atoms with Crippen LogP contribution in [0.15, 0.2) is 58.7 Å². The van der Waals surface area contributed by atoms with Gasteiger partial charge in [-0.3, -0.25) is 9.59 Å². The largest absolute Gasteiger partial charge is 0.273 e. The molecule has 0 saturated heterocycles. The van der Waals surface area contributed by atoms with Crippen molar-refractivity contribution in [2.45, 2.75) is 58.8 Å². The van der Waals surface area contributed by atoms with E-state index in [4.69, 9.17) is 0 Å². The molecular formula is C25H32N4O2. The minimum absolute atomic E-state index is 0.121. The van der Waals surface area contributed by atoms with Crippen LogP contribution >= 0.6 is 0 Å². The number of hydrogen-bond acceptors (Lipinski definition) is 4. The van der Waals surface area contributed by atoms with Crippen LogP contribution in [0, 0.1) is 0 Å². The van der Waals surface area contributed by atoms with Gasteiger partial charge in [0.25, 0.3) is 0 Å². The Morgan fingerprint density at radius 2 is 1.06 bits per heavy atom. The third-order valence-corrected chi connectivity index (χ3v) is 4.89. The molecule has 2 aromatic rings. The highest BCUT2D eigenvalue weighted by molar-refractivity contribution is 5.83. The summed E-state index contributed by atoms with van der Waals surface area (Å²) >= 11 is 0. The summed E-state index contributed by atoms with van der Waals surface area (Å²) in [6.07, 6.45) is 8.28. The van der Waals surface area contributed by atoms with Gasteiger partial charge in [0.05, 0.1) is 12.4 Å². The van der Waals surface area contributed by atoms with Gasteiger partial charge in [0.15, 0.2) is 0 Å². The van der Waals surface area contributed by atoms with Gasteiger partial charge in [-0.15, -0.1) is 0 Å². The Hall–Kier alpha value is -3.28. The minimum atomic E-state index is -0.121. The van der Waals surface area contributed by atoms with Crippen molar-refractivity contribution >= 4 is 24.2 Å². The number of carbonyl (C=O) groups is 2. The summed E-state index contributed by atoms with van der Waals surface area (Å²) in [6.45, 7) is 4.22. The Morgan fingerprint density at radius 1 is 0.677 bits per heavy atom. The van der Waals surface area contributed by atoms with Crippen molar-refractivity contribution in [1.29, 1.82) is 0 Å². The lowest BCUT2D eigenvalue weighted by atomic mass is 10.1. The van der Waals surface area contributed by atoms with Gasteiger partial charge in [0.1, 0.15) is 0 Å². The molecule has 0 fully saturated rings. The van der Waals surface area contributed by atoms with Crippen molar-refractivity contribution in [3.63, 3.8) is 0 Å². The predicted molar refractivity (Wildman–Crippen MR) is 126 cm³/mol. The highest BCUT2D eigenvalue weighted by Crippen LogP contribution is 2.05. The quantitative estimate of drug-likeness (QED) is 0.304. The molecule has 0 saturated carbocycles. The molecule has 164 valence electrons. The third kappa shape index (κ3) is 9.85. The number of carbonyl (C=O) groups excluding carboxylic acids is 2. The maximum atomic E-state index is 11.8. The van der Waals surface area contributed by atoms with Gasteiger partial charge in [-0.2, -0.15) is 10.2 Å². The number of hydrogen-bond donors (Lipinski definition) is 2. The predicted octanol–water partition coefficient (Wildman–Crippen LogP) is 4.36. The van der Waals surface area contributed by atoms with Gasteiger partial charge < -0.3 is 0 Å². The monoisotopic (exact) mass is 420 g/mol. The number of aryl methyl sites for hydroxylation is 2. The van der Waals surface area contributed by atoms with E-state index in [9.17, 15) is 9.59 Å². The zero-order valence-electron chi connectivity index (χ0n) is 18.4. The lowest BCUT2D eigenvalue weighted by molar-refractivity contribution is -0.121. The van der Waals surface area contributed by atoms with Crippen molar-refractivity contribution in [1.82, 2.24) is 10.9 Å². The summed E-state index contributed by atoms with van der Waals surface area (Å²) in [5, 5.41) is 7.98. The number of hydrazone groups is 2. The minimum Gasteiger partial charge on any atom is -0.273 e. The van der Waals surface area contributed by atoms with E-state index >= 15 is 0 Å². The smallest absolute Gasteiger partial charge is 0.240 e. The molecule has 0 heterocycles. The zero-order chi connectivity index (χ0) is 22.3. The van der Waals surface area contributed by atoms with E-state index in [1.54, 1.807) is 12.4 Å². The Morgan fingerprint density at radius 3 is 1.42 bits per heavy atom. The first-order valence-corrected chi connectivity index (χ1v) is 10.9. The standard InChI is InChI=1S/C25H32N4O2/c1-3-20-10-14-22(15-11-20)18-26-28-24(30)8-6-5-7-9-25(31)29-27-19-23-16-12-21(4-2)13-17-23/h10-19H,3-9H2,1-2H3,(H,28,30)(H,29,31)/b26-18+,27-19+. The molecule has 0 bridgehead atoms. The number of rotatable bonds is 12. The molecule has 0 aliphatic heterocycles. The molecule has 2 rings (SSSR count). The first-order chi connectivity index (χ1) is 15.1. The maximum Gasteiger partial charge on any atom is 0.240 e. The highest BCUT2D eigenvalue weighted by Gasteiger charge is 2.02. The van der Waals surface area contributed by atoms with Crippen molar-refractivity contribution in [2.75, 3.05) is 0 Å². The van der Waals surface area contributed by atoms with Gasteiger partial charge in [-0.25, -0.2) is 10.9 Å². The Kier molecular flexibility index (Phi) is 10.7. The van der Waals surface area contributed by atoms with Crippen LogP contribution < -0.4 is 10.9 Å². The number of benzene rings is 2. The van der Waals surface area contributed by atoms with E-state index in [2.05, 4.69) is 34.9 Å². The fourth-order valence-corrected chi connectivity index (χ4v) is 2.90. The molecule has 0 unspecified atom stereocenters. The molecule has 6 heteroatoms. The zero-order valence-corrected chi connectivity index (χ0v) is 18.4. The molecule has 0 aliphatic rings. The molecule has 2 aromatic carbocycles. The Labute approximate surface area is 184 Å². The molecule has 0 atom stereocenters. The summed E-state index contributed by atoms with van der Waals surface area (Å²) < 4.78 is 0. The van der Waals surface area contributed by atoms with Crippen molar-refractivity contribution in [3.05, 3.63) is 70.8 Å². The highest BCUT2D eigenvalue weighted by atomic mass is 16.2. The summed E-state index contributed by atoms with van der Waals surface area (Å²) in [7, 11) is 0. The summed E-state index contributed by atoms with van der Waals surface area (Å²) in [4.78, 5) is 23.6. The molecular weight excluding hydrogens is 388 g/mol. The van der Waals surface area contributed by atoms with Gasteiger partial charge >= 0.3 is 0 Å². The van der Waals surface area contributed by atoms with E-state index in [-0.39, 0.29) is 11.8 Å². The van der Waals surface area contributed by atoms with Crippen molar-refractivity contribution < 1.29 is 9.59 Å². The molecule has 0 aliphatic carbocycles. The fourth-order valence-electron chi connectivity index (χ4n) is 2.90. The van der Waals surface area contributed by atoms with Crippen LogP contribution in [0.1, 0.15) is 68.2 Å². The summed E-state index contributed by atoms with van der Waals surface area (Å²) in [6, 6.07) is 16.1. The van der Waals surface area contributed by atoms with Crippen molar-refractivity contribution in [2.24, 2.45) is 10.2 Å². The van der Waals surface area contributed by atoms with Crippen LogP contribution in [0.5, 0.6) is 0 Å². The lowest BCUT2D eigenvalue weighted by Gasteiger charge is -2.02.